The van der Waals surface area contributed by atoms with Crippen LogP contribution in [-0.2, 0) is 6.42 Å². The van der Waals surface area contributed by atoms with Crippen molar-refractivity contribution in [2.45, 2.75) is 18.9 Å². The van der Waals surface area contributed by atoms with E-state index in [4.69, 9.17) is 25.8 Å². The van der Waals surface area contributed by atoms with E-state index in [0.29, 0.717) is 34.6 Å². The van der Waals surface area contributed by atoms with Gasteiger partial charge in [-0.1, -0.05) is 23.7 Å². The molecule has 0 aliphatic carbocycles. The van der Waals surface area contributed by atoms with E-state index >= 15 is 0 Å². The number of rotatable bonds is 8. The maximum Gasteiger partial charge on any atom is 0.232 e. The first-order valence-corrected chi connectivity index (χ1v) is 10.6. The summed E-state index contributed by atoms with van der Waals surface area (Å²) in [5, 5.41) is 10.1. The van der Waals surface area contributed by atoms with Crippen LogP contribution in [0.5, 0.6) is 23.1 Å². The average molecular weight is 441 g/mol. The van der Waals surface area contributed by atoms with E-state index < -0.39 is 0 Å². The number of aliphatic hydroxyl groups excluding tert-OH is 1. The number of benzene rings is 2. The minimum absolute atomic E-state index is 0.00103. The Labute approximate surface area is 187 Å². The molecular formula is C24H25ClN2O4. The van der Waals surface area contributed by atoms with Gasteiger partial charge in [0, 0.05) is 31.5 Å². The molecule has 3 aromatic rings. The van der Waals surface area contributed by atoms with Crippen LogP contribution >= 0.6 is 11.6 Å². The molecule has 0 unspecified atom stereocenters. The Morgan fingerprint density at radius 2 is 1.97 bits per heavy atom. The third kappa shape index (κ3) is 5.03. The summed E-state index contributed by atoms with van der Waals surface area (Å²) in [5.74, 6) is 2.48. The van der Waals surface area contributed by atoms with Gasteiger partial charge in [0.25, 0.3) is 0 Å². The monoisotopic (exact) mass is 440 g/mol. The van der Waals surface area contributed by atoms with E-state index in [1.165, 1.54) is 0 Å². The number of halogens is 1. The molecule has 1 saturated heterocycles. The molecule has 1 aliphatic heterocycles. The molecule has 162 valence electrons. The number of para-hydroxylation sites is 2. The predicted molar refractivity (Wildman–Crippen MR) is 121 cm³/mol. The molecule has 31 heavy (non-hydrogen) atoms. The van der Waals surface area contributed by atoms with E-state index in [2.05, 4.69) is 9.88 Å². The molecule has 7 heteroatoms. The highest BCUT2D eigenvalue weighted by Gasteiger charge is 2.26. The SMILES string of the molecule is COc1ccccc1Oc1ccc(N2CC[C@H](Oc3ncccc3Cl)C2)c(CCO)c1. The molecule has 0 radical (unpaired) electrons. The fourth-order valence-electron chi connectivity index (χ4n) is 3.74. The summed E-state index contributed by atoms with van der Waals surface area (Å²) in [6.07, 6.45) is 3.07. The molecule has 0 amide bonds. The molecular weight excluding hydrogens is 416 g/mol. The fourth-order valence-corrected chi connectivity index (χ4v) is 3.91. The van der Waals surface area contributed by atoms with Gasteiger partial charge in [-0.3, -0.25) is 0 Å². The number of hydrogen-bond donors (Lipinski definition) is 1. The molecule has 1 N–H and O–H groups in total. The van der Waals surface area contributed by atoms with Gasteiger partial charge in [-0.2, -0.15) is 0 Å². The lowest BCUT2D eigenvalue weighted by atomic mass is 10.1. The first-order chi connectivity index (χ1) is 15.2. The first-order valence-electron chi connectivity index (χ1n) is 10.2. The van der Waals surface area contributed by atoms with Gasteiger partial charge in [-0.05, 0) is 54.4 Å². The minimum Gasteiger partial charge on any atom is -0.493 e. The van der Waals surface area contributed by atoms with Crippen molar-refractivity contribution in [1.82, 2.24) is 4.98 Å². The van der Waals surface area contributed by atoms with Crippen LogP contribution in [0.15, 0.2) is 60.8 Å². The zero-order chi connectivity index (χ0) is 21.6. The number of anilines is 1. The van der Waals surface area contributed by atoms with Crippen molar-refractivity contribution in [2.75, 3.05) is 31.7 Å². The molecule has 2 aromatic carbocycles. The molecule has 0 spiro atoms. The topological polar surface area (TPSA) is 64.1 Å². The maximum absolute atomic E-state index is 9.60. The number of ether oxygens (including phenoxy) is 3. The molecule has 1 aliphatic rings. The number of methoxy groups -OCH3 is 1. The number of nitrogens with zero attached hydrogens (tertiary/aromatic N) is 2. The van der Waals surface area contributed by atoms with Gasteiger partial charge in [0.15, 0.2) is 11.5 Å². The second-order valence-corrected chi connectivity index (χ2v) is 7.69. The Kier molecular flexibility index (Phi) is 6.79. The maximum atomic E-state index is 9.60. The van der Waals surface area contributed by atoms with Gasteiger partial charge in [-0.15, -0.1) is 0 Å². The molecule has 0 bridgehead atoms. The zero-order valence-corrected chi connectivity index (χ0v) is 18.1. The van der Waals surface area contributed by atoms with Crippen molar-refractivity contribution >= 4 is 17.3 Å². The lowest BCUT2D eigenvalue weighted by Gasteiger charge is -2.23. The standard InChI is InChI=1S/C24H25ClN2O4/c1-29-22-6-2-3-7-23(22)30-18-8-9-21(17(15-18)11-14-28)27-13-10-19(16-27)31-24-20(25)5-4-12-26-24/h2-9,12,15,19,28H,10-11,13-14,16H2,1H3/t19-/m0/s1. The van der Waals surface area contributed by atoms with Crippen LogP contribution < -0.4 is 19.1 Å². The predicted octanol–water partition coefficient (Wildman–Crippen LogP) is 4.73. The Hall–Kier alpha value is -2.96. The van der Waals surface area contributed by atoms with E-state index in [1.54, 1.807) is 25.4 Å². The smallest absolute Gasteiger partial charge is 0.232 e. The van der Waals surface area contributed by atoms with Crippen molar-refractivity contribution in [3.63, 3.8) is 0 Å². The molecule has 0 saturated carbocycles. The number of hydrogen-bond acceptors (Lipinski definition) is 6. The Morgan fingerprint density at radius 3 is 2.74 bits per heavy atom. The van der Waals surface area contributed by atoms with Crippen molar-refractivity contribution in [3.8, 4) is 23.1 Å². The van der Waals surface area contributed by atoms with Gasteiger partial charge in [-0.25, -0.2) is 4.98 Å². The highest BCUT2D eigenvalue weighted by atomic mass is 35.5. The van der Waals surface area contributed by atoms with Crippen molar-refractivity contribution in [2.24, 2.45) is 0 Å². The highest BCUT2D eigenvalue weighted by Crippen LogP contribution is 2.35. The Bertz CT molecular complexity index is 1030. The largest absolute Gasteiger partial charge is 0.493 e. The summed E-state index contributed by atoms with van der Waals surface area (Å²) in [4.78, 5) is 6.48. The van der Waals surface area contributed by atoms with Crippen LogP contribution in [0.3, 0.4) is 0 Å². The Balaban J connectivity index is 1.50. The normalized spacial score (nSPS) is 15.7. The van der Waals surface area contributed by atoms with Crippen LogP contribution in [0.25, 0.3) is 0 Å². The van der Waals surface area contributed by atoms with Crippen LogP contribution in [0, 0.1) is 0 Å². The van der Waals surface area contributed by atoms with Gasteiger partial charge in [0.05, 0.1) is 13.7 Å². The summed E-state index contributed by atoms with van der Waals surface area (Å²) in [7, 11) is 1.62. The molecule has 1 fully saturated rings. The second-order valence-electron chi connectivity index (χ2n) is 7.28. The van der Waals surface area contributed by atoms with Crippen LogP contribution in [0.4, 0.5) is 5.69 Å². The van der Waals surface area contributed by atoms with E-state index in [1.807, 2.05) is 42.5 Å². The summed E-state index contributed by atoms with van der Waals surface area (Å²) in [5.41, 5.74) is 2.09. The zero-order valence-electron chi connectivity index (χ0n) is 17.3. The number of aromatic nitrogens is 1. The van der Waals surface area contributed by atoms with E-state index in [9.17, 15) is 5.11 Å². The van der Waals surface area contributed by atoms with Crippen molar-refractivity contribution < 1.29 is 19.3 Å². The van der Waals surface area contributed by atoms with Crippen molar-refractivity contribution in [3.05, 3.63) is 71.4 Å². The van der Waals surface area contributed by atoms with Gasteiger partial charge in [0.1, 0.15) is 16.9 Å². The van der Waals surface area contributed by atoms with Gasteiger partial charge < -0.3 is 24.2 Å². The van der Waals surface area contributed by atoms with E-state index in [-0.39, 0.29) is 12.7 Å². The lowest BCUT2D eigenvalue weighted by molar-refractivity contribution is 0.216. The summed E-state index contributed by atoms with van der Waals surface area (Å²) >= 11 is 6.18. The van der Waals surface area contributed by atoms with E-state index in [0.717, 1.165) is 30.8 Å². The highest BCUT2D eigenvalue weighted by molar-refractivity contribution is 6.31. The minimum atomic E-state index is -0.00103. The quantitative estimate of drug-likeness (QED) is 0.546. The second kappa shape index (κ2) is 9.90. The van der Waals surface area contributed by atoms with Crippen LogP contribution in [0.1, 0.15) is 12.0 Å². The molecule has 1 atom stereocenters. The molecule has 6 nitrogen and oxygen atoms in total. The van der Waals surface area contributed by atoms with Crippen LogP contribution in [0.2, 0.25) is 5.02 Å². The van der Waals surface area contributed by atoms with Crippen LogP contribution in [-0.4, -0.2) is 43.0 Å². The molecule has 4 rings (SSSR count). The first kappa shape index (κ1) is 21.3. The average Bonchev–Trinajstić information content (AvgIpc) is 3.24. The summed E-state index contributed by atoms with van der Waals surface area (Å²) in [6.45, 7) is 1.63. The van der Waals surface area contributed by atoms with Gasteiger partial charge in [0.2, 0.25) is 5.88 Å². The van der Waals surface area contributed by atoms with Crippen molar-refractivity contribution in [1.29, 1.82) is 0 Å². The summed E-state index contributed by atoms with van der Waals surface area (Å²) < 4.78 is 17.4. The third-order valence-electron chi connectivity index (χ3n) is 5.22. The summed E-state index contributed by atoms with van der Waals surface area (Å²) in [6, 6.07) is 17.0. The fraction of sp³-hybridized carbons (Fsp3) is 0.292. The van der Waals surface area contributed by atoms with Gasteiger partial charge >= 0.3 is 0 Å². The number of aliphatic hydroxyl groups is 1. The molecule has 2 heterocycles. The molecule has 1 aromatic heterocycles. The number of pyridine rings is 1. The third-order valence-corrected chi connectivity index (χ3v) is 5.51. The Morgan fingerprint density at radius 1 is 1.13 bits per heavy atom. The lowest BCUT2D eigenvalue weighted by Crippen LogP contribution is -2.25.